The Hall–Kier alpha value is -1.14. The van der Waals surface area contributed by atoms with Gasteiger partial charge in [-0.1, -0.05) is 0 Å². The summed E-state index contributed by atoms with van der Waals surface area (Å²) in [6.45, 7) is 6.96. The Morgan fingerprint density at radius 2 is 2.05 bits per heavy atom. The van der Waals surface area contributed by atoms with Gasteiger partial charge in [-0.25, -0.2) is 4.79 Å². The van der Waals surface area contributed by atoms with Gasteiger partial charge in [-0.3, -0.25) is 14.6 Å². The molecular weight excluding hydrogens is 268 g/mol. The second-order valence-electron chi connectivity index (χ2n) is 7.03. The number of rotatable bonds is 6. The number of nitrogens with one attached hydrogen (secondary N) is 2. The van der Waals surface area contributed by atoms with Crippen LogP contribution < -0.4 is 10.6 Å². The molecule has 3 amide bonds. The monoisotopic (exact) mass is 294 g/mol. The van der Waals surface area contributed by atoms with Crippen molar-refractivity contribution in [2.24, 2.45) is 0 Å². The van der Waals surface area contributed by atoms with E-state index >= 15 is 0 Å². The van der Waals surface area contributed by atoms with Crippen molar-refractivity contribution in [2.75, 3.05) is 26.2 Å². The van der Waals surface area contributed by atoms with Crippen LogP contribution in [0.3, 0.4) is 0 Å². The number of carbonyl (C=O) groups is 2. The van der Waals surface area contributed by atoms with Gasteiger partial charge in [-0.2, -0.15) is 0 Å². The maximum Gasteiger partial charge on any atom is 0.325 e. The van der Waals surface area contributed by atoms with E-state index in [0.717, 1.165) is 19.6 Å². The Bertz CT molecular complexity index is 427. The molecule has 0 bridgehead atoms. The zero-order valence-electron chi connectivity index (χ0n) is 13.0. The number of hydrogen-bond donors (Lipinski definition) is 2. The molecule has 0 aromatic rings. The third kappa shape index (κ3) is 3.21. The summed E-state index contributed by atoms with van der Waals surface area (Å²) in [5, 5.41) is 6.27. The molecule has 1 aliphatic carbocycles. The predicted octanol–water partition coefficient (Wildman–Crippen LogP) is 0.533. The van der Waals surface area contributed by atoms with Crippen molar-refractivity contribution in [3.8, 4) is 0 Å². The van der Waals surface area contributed by atoms with Gasteiger partial charge in [0.2, 0.25) is 0 Å². The summed E-state index contributed by atoms with van der Waals surface area (Å²) in [7, 11) is 0. The summed E-state index contributed by atoms with van der Waals surface area (Å²) in [5.74, 6) is -0.109. The van der Waals surface area contributed by atoms with Crippen molar-refractivity contribution in [2.45, 2.75) is 57.2 Å². The molecule has 0 aromatic heterocycles. The number of hydrogen-bond acceptors (Lipinski definition) is 4. The van der Waals surface area contributed by atoms with E-state index in [1.165, 1.54) is 30.6 Å². The van der Waals surface area contributed by atoms with Gasteiger partial charge < -0.3 is 10.6 Å². The summed E-state index contributed by atoms with van der Waals surface area (Å²) >= 11 is 0. The van der Waals surface area contributed by atoms with Crippen molar-refractivity contribution in [1.29, 1.82) is 0 Å². The fraction of sp³-hybridized carbons (Fsp3) is 0.867. The minimum atomic E-state index is -0.755. The first kappa shape index (κ1) is 14.8. The Morgan fingerprint density at radius 1 is 1.29 bits per heavy atom. The Kier molecular flexibility index (Phi) is 3.92. The van der Waals surface area contributed by atoms with E-state index in [0.29, 0.717) is 18.6 Å². The first-order valence-electron chi connectivity index (χ1n) is 8.09. The average Bonchev–Trinajstić information content (AvgIpc) is 3.09. The smallest absolute Gasteiger partial charge is 0.324 e. The molecule has 2 heterocycles. The molecule has 0 radical (unpaired) electrons. The van der Waals surface area contributed by atoms with Gasteiger partial charge >= 0.3 is 6.03 Å². The largest absolute Gasteiger partial charge is 0.325 e. The van der Waals surface area contributed by atoms with Crippen LogP contribution in [-0.2, 0) is 4.79 Å². The standard InChI is InChI=1S/C15H26N4O2/c1-15(2)13(20)19(14(21)17-15)9-8-18(12-5-6-12)10-11-4-3-7-16-11/h11-12,16H,3-10H2,1-2H3,(H,17,21). The number of imide groups is 1. The molecule has 2 saturated heterocycles. The molecular formula is C15H26N4O2. The maximum absolute atomic E-state index is 12.2. The van der Waals surface area contributed by atoms with Crippen LogP contribution in [0.1, 0.15) is 39.5 Å². The van der Waals surface area contributed by atoms with Crippen LogP contribution in [0.15, 0.2) is 0 Å². The normalized spacial score (nSPS) is 28.5. The SMILES string of the molecule is CC1(C)NC(=O)N(CCN(CC2CCCN2)C2CC2)C1=O. The highest BCUT2D eigenvalue weighted by Crippen LogP contribution is 2.28. The fourth-order valence-electron chi connectivity index (χ4n) is 3.31. The molecule has 118 valence electrons. The third-order valence-electron chi connectivity index (χ3n) is 4.74. The average molecular weight is 294 g/mol. The first-order valence-corrected chi connectivity index (χ1v) is 8.09. The van der Waals surface area contributed by atoms with Crippen LogP contribution in [0.25, 0.3) is 0 Å². The Balaban J connectivity index is 1.54. The van der Waals surface area contributed by atoms with Gasteiger partial charge in [0.05, 0.1) is 0 Å². The van der Waals surface area contributed by atoms with Crippen molar-refractivity contribution in [3.05, 3.63) is 0 Å². The molecule has 3 rings (SSSR count). The lowest BCUT2D eigenvalue weighted by molar-refractivity contribution is -0.130. The van der Waals surface area contributed by atoms with Crippen LogP contribution in [0.5, 0.6) is 0 Å². The van der Waals surface area contributed by atoms with Crippen LogP contribution in [0.2, 0.25) is 0 Å². The molecule has 3 aliphatic rings. The van der Waals surface area contributed by atoms with E-state index in [4.69, 9.17) is 0 Å². The van der Waals surface area contributed by atoms with E-state index in [1.807, 2.05) is 0 Å². The van der Waals surface area contributed by atoms with Crippen molar-refractivity contribution in [1.82, 2.24) is 20.4 Å². The lowest BCUT2D eigenvalue weighted by Crippen LogP contribution is -2.45. The molecule has 2 N–H and O–H groups in total. The van der Waals surface area contributed by atoms with E-state index in [9.17, 15) is 9.59 Å². The van der Waals surface area contributed by atoms with Gasteiger partial charge in [-0.05, 0) is 46.1 Å². The highest BCUT2D eigenvalue weighted by molar-refractivity contribution is 6.06. The van der Waals surface area contributed by atoms with Crippen LogP contribution in [0, 0.1) is 0 Å². The molecule has 0 aromatic carbocycles. The fourth-order valence-corrected chi connectivity index (χ4v) is 3.31. The second-order valence-corrected chi connectivity index (χ2v) is 7.03. The Labute approximate surface area is 126 Å². The molecule has 1 unspecified atom stereocenters. The molecule has 3 fully saturated rings. The predicted molar refractivity (Wildman–Crippen MR) is 79.9 cm³/mol. The lowest BCUT2D eigenvalue weighted by atomic mass is 10.1. The van der Waals surface area contributed by atoms with E-state index in [2.05, 4.69) is 15.5 Å². The molecule has 6 heteroatoms. The molecule has 0 spiro atoms. The van der Waals surface area contributed by atoms with Gasteiger partial charge in [0.25, 0.3) is 5.91 Å². The van der Waals surface area contributed by atoms with Crippen LogP contribution in [0.4, 0.5) is 4.79 Å². The minimum absolute atomic E-state index is 0.109. The molecule has 2 aliphatic heterocycles. The van der Waals surface area contributed by atoms with E-state index < -0.39 is 5.54 Å². The minimum Gasteiger partial charge on any atom is -0.324 e. The summed E-state index contributed by atoms with van der Waals surface area (Å²) in [4.78, 5) is 27.9. The van der Waals surface area contributed by atoms with Crippen molar-refractivity contribution < 1.29 is 9.59 Å². The lowest BCUT2D eigenvalue weighted by Gasteiger charge is -2.27. The molecule has 1 saturated carbocycles. The second kappa shape index (κ2) is 5.57. The number of urea groups is 1. The van der Waals surface area contributed by atoms with Gasteiger partial charge in [0, 0.05) is 31.7 Å². The zero-order valence-corrected chi connectivity index (χ0v) is 13.0. The zero-order chi connectivity index (χ0) is 15.0. The van der Waals surface area contributed by atoms with Gasteiger partial charge in [0.15, 0.2) is 0 Å². The first-order chi connectivity index (χ1) is 9.97. The third-order valence-corrected chi connectivity index (χ3v) is 4.74. The number of nitrogens with zero attached hydrogens (tertiary/aromatic N) is 2. The van der Waals surface area contributed by atoms with E-state index in [-0.39, 0.29) is 11.9 Å². The van der Waals surface area contributed by atoms with E-state index in [1.54, 1.807) is 13.8 Å². The molecule has 21 heavy (non-hydrogen) atoms. The van der Waals surface area contributed by atoms with Crippen molar-refractivity contribution >= 4 is 11.9 Å². The summed E-state index contributed by atoms with van der Waals surface area (Å²) < 4.78 is 0. The number of carbonyl (C=O) groups excluding carboxylic acids is 2. The quantitative estimate of drug-likeness (QED) is 0.702. The Morgan fingerprint density at radius 3 is 2.57 bits per heavy atom. The van der Waals surface area contributed by atoms with Crippen molar-refractivity contribution in [3.63, 3.8) is 0 Å². The van der Waals surface area contributed by atoms with Gasteiger partial charge in [-0.15, -0.1) is 0 Å². The highest BCUT2D eigenvalue weighted by Gasteiger charge is 2.44. The number of amides is 3. The van der Waals surface area contributed by atoms with Crippen LogP contribution >= 0.6 is 0 Å². The topological polar surface area (TPSA) is 64.7 Å². The van der Waals surface area contributed by atoms with Gasteiger partial charge in [0.1, 0.15) is 5.54 Å². The maximum atomic E-state index is 12.2. The summed E-state index contributed by atoms with van der Waals surface area (Å²) in [5.41, 5.74) is -0.755. The highest BCUT2D eigenvalue weighted by atomic mass is 16.2. The summed E-state index contributed by atoms with van der Waals surface area (Å²) in [6, 6.07) is 0.978. The molecule has 6 nitrogen and oxygen atoms in total. The molecule has 1 atom stereocenters. The van der Waals surface area contributed by atoms with Crippen LogP contribution in [-0.4, -0.2) is 65.5 Å². The summed E-state index contributed by atoms with van der Waals surface area (Å²) in [6.07, 6.45) is 4.99.